The number of nitrogens with zero attached hydrogens (tertiary/aromatic N) is 1. The number of rotatable bonds is 2. The maximum atomic E-state index is 11.0. The van der Waals surface area contributed by atoms with Crippen molar-refractivity contribution in [1.82, 2.24) is 4.68 Å². The third kappa shape index (κ3) is 2.38. The van der Waals surface area contributed by atoms with Gasteiger partial charge in [-0.3, -0.25) is 14.9 Å². The first-order valence-corrected chi connectivity index (χ1v) is 4.19. The van der Waals surface area contributed by atoms with Crippen LogP contribution in [0.1, 0.15) is 6.92 Å². The van der Waals surface area contributed by atoms with Crippen molar-refractivity contribution in [3.05, 3.63) is 24.5 Å². The standard InChI is InChI=1S/C7H9BrN2O/c1-6(8)7(11)9-10-4-2-3-5-10/h2-6H,1H3,(H,9,11). The van der Waals surface area contributed by atoms with Crippen LogP contribution in [-0.2, 0) is 4.79 Å². The van der Waals surface area contributed by atoms with Gasteiger partial charge < -0.3 is 0 Å². The number of amides is 1. The summed E-state index contributed by atoms with van der Waals surface area (Å²) >= 11 is 3.16. The van der Waals surface area contributed by atoms with Crippen molar-refractivity contribution in [3.8, 4) is 0 Å². The third-order valence-corrected chi connectivity index (χ3v) is 1.62. The van der Waals surface area contributed by atoms with E-state index >= 15 is 0 Å². The van der Waals surface area contributed by atoms with Crippen LogP contribution in [0.15, 0.2) is 24.5 Å². The first kappa shape index (κ1) is 8.33. The topological polar surface area (TPSA) is 34.0 Å². The fraction of sp³-hybridized carbons (Fsp3) is 0.286. The van der Waals surface area contributed by atoms with Crippen molar-refractivity contribution < 1.29 is 4.79 Å². The second-order valence-electron chi connectivity index (χ2n) is 2.18. The number of hydrogen-bond donors (Lipinski definition) is 1. The van der Waals surface area contributed by atoms with E-state index in [-0.39, 0.29) is 10.7 Å². The molecule has 1 aromatic rings. The minimum atomic E-state index is -0.162. The summed E-state index contributed by atoms with van der Waals surface area (Å²) in [6.45, 7) is 1.78. The predicted molar refractivity (Wildman–Crippen MR) is 47.2 cm³/mol. The summed E-state index contributed by atoms with van der Waals surface area (Å²) in [4.78, 5) is 10.9. The van der Waals surface area contributed by atoms with Gasteiger partial charge in [-0.15, -0.1) is 0 Å². The molecule has 60 valence electrons. The minimum absolute atomic E-state index is 0.0544. The Morgan fingerprint density at radius 2 is 2.09 bits per heavy atom. The van der Waals surface area contributed by atoms with E-state index in [1.54, 1.807) is 24.0 Å². The second-order valence-corrected chi connectivity index (χ2v) is 3.56. The molecule has 1 atom stereocenters. The third-order valence-electron chi connectivity index (χ3n) is 1.21. The normalized spacial score (nSPS) is 12.5. The summed E-state index contributed by atoms with van der Waals surface area (Å²) < 4.78 is 1.61. The highest BCUT2D eigenvalue weighted by molar-refractivity contribution is 9.10. The van der Waals surface area contributed by atoms with Crippen molar-refractivity contribution in [2.24, 2.45) is 0 Å². The molecule has 0 aliphatic heterocycles. The van der Waals surface area contributed by atoms with Gasteiger partial charge in [0.2, 0.25) is 0 Å². The maximum absolute atomic E-state index is 11.0. The fourth-order valence-corrected chi connectivity index (χ4v) is 0.728. The van der Waals surface area contributed by atoms with E-state index in [0.29, 0.717) is 0 Å². The minimum Gasteiger partial charge on any atom is -0.272 e. The molecule has 0 saturated heterocycles. The van der Waals surface area contributed by atoms with Gasteiger partial charge in [0.05, 0.1) is 4.83 Å². The van der Waals surface area contributed by atoms with Crippen molar-refractivity contribution in [1.29, 1.82) is 0 Å². The van der Waals surface area contributed by atoms with E-state index < -0.39 is 0 Å². The highest BCUT2D eigenvalue weighted by atomic mass is 79.9. The van der Waals surface area contributed by atoms with Crippen LogP contribution in [-0.4, -0.2) is 15.4 Å². The zero-order valence-corrected chi connectivity index (χ0v) is 7.71. The van der Waals surface area contributed by atoms with Crippen molar-refractivity contribution in [3.63, 3.8) is 0 Å². The molecule has 0 aromatic carbocycles. The van der Waals surface area contributed by atoms with Gasteiger partial charge in [-0.2, -0.15) is 0 Å². The molecule has 1 N–H and O–H groups in total. The molecule has 0 spiro atoms. The molecule has 0 aliphatic rings. The average molecular weight is 217 g/mol. The van der Waals surface area contributed by atoms with Crippen molar-refractivity contribution >= 4 is 21.8 Å². The molecule has 0 fully saturated rings. The lowest BCUT2D eigenvalue weighted by atomic mass is 10.5. The summed E-state index contributed by atoms with van der Waals surface area (Å²) in [5.74, 6) is -0.0544. The van der Waals surface area contributed by atoms with Gasteiger partial charge >= 0.3 is 0 Å². The molecule has 0 radical (unpaired) electrons. The largest absolute Gasteiger partial charge is 0.272 e. The Morgan fingerprint density at radius 3 is 2.55 bits per heavy atom. The zero-order valence-electron chi connectivity index (χ0n) is 6.12. The molecule has 1 unspecified atom stereocenters. The molecule has 11 heavy (non-hydrogen) atoms. The summed E-state index contributed by atoms with van der Waals surface area (Å²) in [5.41, 5.74) is 2.65. The van der Waals surface area contributed by atoms with Gasteiger partial charge in [-0.1, -0.05) is 15.9 Å². The lowest BCUT2D eigenvalue weighted by Gasteiger charge is -2.06. The molecule has 1 rings (SSSR count). The molecule has 1 aromatic heterocycles. The van der Waals surface area contributed by atoms with E-state index in [1.807, 2.05) is 12.1 Å². The fourth-order valence-electron chi connectivity index (χ4n) is 0.625. The van der Waals surface area contributed by atoms with Crippen LogP contribution in [0.25, 0.3) is 0 Å². The van der Waals surface area contributed by atoms with E-state index in [9.17, 15) is 4.79 Å². The number of nitrogens with one attached hydrogen (secondary N) is 1. The van der Waals surface area contributed by atoms with Crippen LogP contribution >= 0.6 is 15.9 Å². The molecule has 4 heteroatoms. The molecule has 0 aliphatic carbocycles. The smallest absolute Gasteiger partial charge is 0.252 e. The Kier molecular flexibility index (Phi) is 2.70. The van der Waals surface area contributed by atoms with Crippen LogP contribution in [0.4, 0.5) is 0 Å². The van der Waals surface area contributed by atoms with Gasteiger partial charge in [0.1, 0.15) is 0 Å². The Morgan fingerprint density at radius 1 is 1.55 bits per heavy atom. The highest BCUT2D eigenvalue weighted by Crippen LogP contribution is 1.97. The van der Waals surface area contributed by atoms with Crippen LogP contribution in [0, 0.1) is 0 Å². The van der Waals surface area contributed by atoms with Crippen molar-refractivity contribution in [2.75, 3.05) is 5.43 Å². The molecular formula is C7H9BrN2O. The summed E-state index contributed by atoms with van der Waals surface area (Å²) in [6.07, 6.45) is 3.54. The van der Waals surface area contributed by atoms with Crippen molar-refractivity contribution in [2.45, 2.75) is 11.8 Å². The van der Waals surface area contributed by atoms with Gasteiger partial charge in [-0.05, 0) is 19.1 Å². The van der Waals surface area contributed by atoms with E-state index in [0.717, 1.165) is 0 Å². The Hall–Kier alpha value is -0.770. The quantitative estimate of drug-likeness (QED) is 0.745. The second kappa shape index (κ2) is 3.57. The van der Waals surface area contributed by atoms with Gasteiger partial charge in [0, 0.05) is 12.4 Å². The Labute approximate surface area is 73.5 Å². The molecule has 1 amide bonds. The summed E-state index contributed by atoms with van der Waals surface area (Å²) in [7, 11) is 0. The lowest BCUT2D eigenvalue weighted by Crippen LogP contribution is -2.27. The number of carbonyl (C=O) groups is 1. The number of carbonyl (C=O) groups excluding carboxylic acids is 1. The van der Waals surface area contributed by atoms with E-state index in [4.69, 9.17) is 0 Å². The molecule has 0 bridgehead atoms. The molecule has 3 nitrogen and oxygen atoms in total. The lowest BCUT2D eigenvalue weighted by molar-refractivity contribution is -0.116. The Balaban J connectivity index is 2.50. The van der Waals surface area contributed by atoms with Crippen LogP contribution in [0.5, 0.6) is 0 Å². The molecule has 1 heterocycles. The number of aromatic nitrogens is 1. The van der Waals surface area contributed by atoms with Gasteiger partial charge in [0.25, 0.3) is 5.91 Å². The average Bonchev–Trinajstić information content (AvgIpc) is 2.39. The summed E-state index contributed by atoms with van der Waals surface area (Å²) in [6, 6.07) is 3.69. The molecule has 0 saturated carbocycles. The number of alkyl halides is 1. The Bertz CT molecular complexity index is 231. The maximum Gasteiger partial charge on any atom is 0.252 e. The SMILES string of the molecule is CC(Br)C(=O)Nn1cccc1. The highest BCUT2D eigenvalue weighted by Gasteiger charge is 2.06. The first-order chi connectivity index (χ1) is 5.20. The number of halogens is 1. The van der Waals surface area contributed by atoms with E-state index in [2.05, 4.69) is 21.4 Å². The number of hydrogen-bond acceptors (Lipinski definition) is 1. The van der Waals surface area contributed by atoms with Crippen LogP contribution in [0.2, 0.25) is 0 Å². The predicted octanol–water partition coefficient (Wildman–Crippen LogP) is 1.34. The monoisotopic (exact) mass is 216 g/mol. The first-order valence-electron chi connectivity index (χ1n) is 3.28. The van der Waals surface area contributed by atoms with Crippen LogP contribution in [0.3, 0.4) is 0 Å². The van der Waals surface area contributed by atoms with Gasteiger partial charge in [-0.25, -0.2) is 0 Å². The molecular weight excluding hydrogens is 208 g/mol. The zero-order chi connectivity index (χ0) is 8.27. The summed E-state index contributed by atoms with van der Waals surface area (Å²) in [5, 5.41) is 0. The van der Waals surface area contributed by atoms with Crippen LogP contribution < -0.4 is 5.43 Å². The van der Waals surface area contributed by atoms with E-state index in [1.165, 1.54) is 0 Å². The van der Waals surface area contributed by atoms with Gasteiger partial charge in [0.15, 0.2) is 0 Å².